The van der Waals surface area contributed by atoms with Crippen molar-refractivity contribution in [2.75, 3.05) is 38.7 Å². The Bertz CT molecular complexity index is 607. The Morgan fingerprint density at radius 2 is 2.04 bits per heavy atom. The van der Waals surface area contributed by atoms with Gasteiger partial charge in [-0.15, -0.1) is 10.2 Å². The SMILES string of the molecule is CC1CCN(c2nnc(SC(C)C(=O)N(C)C)n2CC2CCCO2)CC1. The zero-order valence-electron chi connectivity index (χ0n) is 16.3. The van der Waals surface area contributed by atoms with Crippen LogP contribution in [0.15, 0.2) is 5.16 Å². The van der Waals surface area contributed by atoms with E-state index in [-0.39, 0.29) is 17.3 Å². The summed E-state index contributed by atoms with van der Waals surface area (Å²) in [5.41, 5.74) is 0. The summed E-state index contributed by atoms with van der Waals surface area (Å²) in [4.78, 5) is 16.2. The number of hydrogen-bond acceptors (Lipinski definition) is 6. The van der Waals surface area contributed by atoms with Crippen LogP contribution in [0.2, 0.25) is 0 Å². The third kappa shape index (κ3) is 4.52. The molecule has 2 aliphatic rings. The molecule has 2 unspecified atom stereocenters. The fourth-order valence-corrected chi connectivity index (χ4v) is 4.53. The second-order valence-corrected chi connectivity index (χ2v) is 9.00. The van der Waals surface area contributed by atoms with Crippen LogP contribution in [0.25, 0.3) is 0 Å². The first-order valence-corrected chi connectivity index (χ1v) is 10.5. The summed E-state index contributed by atoms with van der Waals surface area (Å²) in [6.07, 6.45) is 4.77. The van der Waals surface area contributed by atoms with E-state index >= 15 is 0 Å². The number of aromatic nitrogens is 3. The Morgan fingerprint density at radius 3 is 2.65 bits per heavy atom. The minimum Gasteiger partial charge on any atom is -0.376 e. The molecule has 26 heavy (non-hydrogen) atoms. The highest BCUT2D eigenvalue weighted by Gasteiger charge is 2.27. The number of rotatable bonds is 6. The molecule has 0 saturated carbocycles. The number of carbonyl (C=O) groups is 1. The van der Waals surface area contributed by atoms with Gasteiger partial charge in [-0.2, -0.15) is 0 Å². The van der Waals surface area contributed by atoms with Crippen molar-refractivity contribution < 1.29 is 9.53 Å². The van der Waals surface area contributed by atoms with Gasteiger partial charge in [0.15, 0.2) is 5.16 Å². The summed E-state index contributed by atoms with van der Waals surface area (Å²) in [6, 6.07) is 0. The molecule has 2 fully saturated rings. The van der Waals surface area contributed by atoms with Gasteiger partial charge in [0, 0.05) is 33.8 Å². The number of nitrogens with zero attached hydrogens (tertiary/aromatic N) is 5. The number of piperidine rings is 1. The van der Waals surface area contributed by atoms with Crippen molar-refractivity contribution in [3.8, 4) is 0 Å². The zero-order valence-corrected chi connectivity index (χ0v) is 17.2. The van der Waals surface area contributed by atoms with E-state index in [1.165, 1.54) is 24.6 Å². The molecule has 2 saturated heterocycles. The molecular weight excluding hydrogens is 350 g/mol. The molecule has 1 amide bonds. The summed E-state index contributed by atoms with van der Waals surface area (Å²) >= 11 is 1.49. The minimum atomic E-state index is -0.188. The summed E-state index contributed by atoms with van der Waals surface area (Å²) in [6.45, 7) is 7.87. The van der Waals surface area contributed by atoms with Gasteiger partial charge in [-0.25, -0.2) is 0 Å². The predicted octanol–water partition coefficient (Wildman–Crippen LogP) is 2.26. The van der Waals surface area contributed by atoms with Crippen LogP contribution in [0.4, 0.5) is 5.95 Å². The van der Waals surface area contributed by atoms with Crippen molar-refractivity contribution >= 4 is 23.6 Å². The van der Waals surface area contributed by atoms with E-state index in [1.54, 1.807) is 19.0 Å². The van der Waals surface area contributed by atoms with Gasteiger partial charge in [0.1, 0.15) is 0 Å². The molecule has 8 heteroatoms. The summed E-state index contributed by atoms with van der Waals surface area (Å²) < 4.78 is 8.03. The maximum atomic E-state index is 12.3. The molecule has 0 aromatic carbocycles. The fraction of sp³-hybridized carbons (Fsp3) is 0.833. The number of carbonyl (C=O) groups excluding carboxylic acids is 1. The summed E-state index contributed by atoms with van der Waals surface area (Å²) in [5, 5.41) is 9.57. The number of thioether (sulfide) groups is 1. The van der Waals surface area contributed by atoms with Crippen LogP contribution in [-0.4, -0.2) is 70.7 Å². The van der Waals surface area contributed by atoms with Gasteiger partial charge in [0.05, 0.1) is 17.9 Å². The molecular formula is C18H31N5O2S. The minimum absolute atomic E-state index is 0.0926. The van der Waals surface area contributed by atoms with Gasteiger partial charge in [0.2, 0.25) is 11.9 Å². The van der Waals surface area contributed by atoms with E-state index in [2.05, 4.69) is 26.6 Å². The quantitative estimate of drug-likeness (QED) is 0.705. The van der Waals surface area contributed by atoms with Gasteiger partial charge >= 0.3 is 0 Å². The van der Waals surface area contributed by atoms with Crippen molar-refractivity contribution in [1.29, 1.82) is 0 Å². The highest BCUT2D eigenvalue weighted by molar-refractivity contribution is 8.00. The van der Waals surface area contributed by atoms with Crippen molar-refractivity contribution in [3.05, 3.63) is 0 Å². The van der Waals surface area contributed by atoms with Gasteiger partial charge in [-0.3, -0.25) is 9.36 Å². The monoisotopic (exact) mass is 381 g/mol. The van der Waals surface area contributed by atoms with Crippen LogP contribution in [0, 0.1) is 5.92 Å². The summed E-state index contributed by atoms with van der Waals surface area (Å²) in [5.74, 6) is 1.79. The van der Waals surface area contributed by atoms with Crippen molar-refractivity contribution in [2.24, 2.45) is 5.92 Å². The van der Waals surface area contributed by atoms with E-state index in [1.807, 2.05) is 6.92 Å². The smallest absolute Gasteiger partial charge is 0.235 e. The molecule has 0 bridgehead atoms. The Kier molecular flexibility index (Phi) is 6.45. The van der Waals surface area contributed by atoms with Gasteiger partial charge < -0.3 is 14.5 Å². The van der Waals surface area contributed by atoms with E-state index in [0.29, 0.717) is 0 Å². The first-order valence-electron chi connectivity index (χ1n) is 9.63. The van der Waals surface area contributed by atoms with Crippen LogP contribution < -0.4 is 4.90 Å². The Morgan fingerprint density at radius 1 is 1.31 bits per heavy atom. The molecule has 3 heterocycles. The molecule has 0 radical (unpaired) electrons. The lowest BCUT2D eigenvalue weighted by Gasteiger charge is -2.31. The van der Waals surface area contributed by atoms with E-state index in [0.717, 1.165) is 56.1 Å². The van der Waals surface area contributed by atoms with E-state index < -0.39 is 0 Å². The molecule has 146 valence electrons. The highest BCUT2D eigenvalue weighted by atomic mass is 32.2. The molecule has 7 nitrogen and oxygen atoms in total. The molecule has 1 aromatic heterocycles. The van der Waals surface area contributed by atoms with Crippen LogP contribution in [0.5, 0.6) is 0 Å². The molecule has 0 N–H and O–H groups in total. The molecule has 2 aliphatic heterocycles. The molecule has 2 atom stereocenters. The number of anilines is 1. The van der Waals surface area contributed by atoms with Crippen molar-refractivity contribution in [3.63, 3.8) is 0 Å². The molecule has 0 aliphatic carbocycles. The van der Waals surface area contributed by atoms with Crippen LogP contribution in [0.1, 0.15) is 39.5 Å². The number of ether oxygens (including phenoxy) is 1. The topological polar surface area (TPSA) is 63.5 Å². The third-order valence-electron chi connectivity index (χ3n) is 5.24. The largest absolute Gasteiger partial charge is 0.376 e. The Labute approximate surface area is 160 Å². The van der Waals surface area contributed by atoms with Crippen LogP contribution >= 0.6 is 11.8 Å². The Hall–Kier alpha value is -1.28. The summed E-state index contributed by atoms with van der Waals surface area (Å²) in [7, 11) is 3.58. The standard InChI is InChI=1S/C18H31N5O2S/c1-13-7-9-22(10-8-13)17-19-20-18(26-14(2)16(24)21(3)4)23(17)12-15-6-5-11-25-15/h13-15H,5-12H2,1-4H3. The van der Waals surface area contributed by atoms with E-state index in [4.69, 9.17) is 4.74 Å². The highest BCUT2D eigenvalue weighted by Crippen LogP contribution is 2.30. The fourth-order valence-electron chi connectivity index (χ4n) is 3.53. The number of hydrogen-bond donors (Lipinski definition) is 0. The normalized spacial score (nSPS) is 22.6. The Balaban J connectivity index is 1.80. The number of amides is 1. The van der Waals surface area contributed by atoms with Gasteiger partial charge in [-0.1, -0.05) is 18.7 Å². The molecule has 3 rings (SSSR count). The van der Waals surface area contributed by atoms with Gasteiger partial charge in [-0.05, 0) is 38.5 Å². The lowest BCUT2D eigenvalue weighted by Crippen LogP contribution is -2.35. The lowest BCUT2D eigenvalue weighted by molar-refractivity contribution is -0.127. The zero-order chi connectivity index (χ0) is 18.7. The second-order valence-electron chi connectivity index (χ2n) is 7.69. The predicted molar refractivity (Wildman–Crippen MR) is 104 cm³/mol. The van der Waals surface area contributed by atoms with Crippen LogP contribution in [-0.2, 0) is 16.1 Å². The maximum Gasteiger partial charge on any atom is 0.235 e. The van der Waals surface area contributed by atoms with Crippen molar-refractivity contribution in [2.45, 2.75) is 62.6 Å². The lowest BCUT2D eigenvalue weighted by atomic mass is 10.00. The van der Waals surface area contributed by atoms with E-state index in [9.17, 15) is 4.79 Å². The molecule has 1 aromatic rings. The third-order valence-corrected chi connectivity index (χ3v) is 6.31. The first kappa shape index (κ1) is 19.5. The van der Waals surface area contributed by atoms with Crippen molar-refractivity contribution in [1.82, 2.24) is 19.7 Å². The van der Waals surface area contributed by atoms with Crippen LogP contribution in [0.3, 0.4) is 0 Å². The maximum absolute atomic E-state index is 12.3. The first-order chi connectivity index (χ1) is 12.5. The second kappa shape index (κ2) is 8.61. The average Bonchev–Trinajstić information content (AvgIpc) is 3.26. The average molecular weight is 382 g/mol. The molecule has 0 spiro atoms. The van der Waals surface area contributed by atoms with Gasteiger partial charge in [0.25, 0.3) is 0 Å².